The van der Waals surface area contributed by atoms with Gasteiger partial charge in [-0.15, -0.1) is 24.0 Å². The number of halogens is 1. The van der Waals surface area contributed by atoms with Gasteiger partial charge >= 0.3 is 0 Å². The first-order valence-corrected chi connectivity index (χ1v) is 10.9. The maximum atomic E-state index is 4.52. The number of aliphatic imine (C=N–C) groups is 1. The molecule has 2 N–H and O–H groups in total. The van der Waals surface area contributed by atoms with Crippen LogP contribution in [0.5, 0.6) is 0 Å². The lowest BCUT2D eigenvalue weighted by atomic mass is 10.2. The molecule has 0 amide bonds. The van der Waals surface area contributed by atoms with E-state index in [-0.39, 0.29) is 24.0 Å². The van der Waals surface area contributed by atoms with Crippen LogP contribution in [0, 0.1) is 0 Å². The van der Waals surface area contributed by atoms with Gasteiger partial charge in [0.1, 0.15) is 5.82 Å². The third kappa shape index (κ3) is 6.35. The SMILES string of the molecule is CN=C(NCCCn1ccc2ccccc21)NCCc1nccn1Cc1ccccc1.I. The van der Waals surface area contributed by atoms with Gasteiger partial charge in [0.2, 0.25) is 0 Å². The summed E-state index contributed by atoms with van der Waals surface area (Å²) in [7, 11) is 1.81. The summed E-state index contributed by atoms with van der Waals surface area (Å²) in [5.74, 6) is 1.91. The van der Waals surface area contributed by atoms with E-state index in [4.69, 9.17) is 0 Å². The van der Waals surface area contributed by atoms with Crippen LogP contribution in [0.4, 0.5) is 0 Å². The molecular formula is C25H31IN6. The number of aromatic nitrogens is 3. The van der Waals surface area contributed by atoms with Crippen LogP contribution >= 0.6 is 24.0 Å². The number of nitrogens with one attached hydrogen (secondary N) is 2. The summed E-state index contributed by atoms with van der Waals surface area (Å²) in [6.45, 7) is 3.48. The van der Waals surface area contributed by atoms with Gasteiger partial charge in [-0.1, -0.05) is 48.5 Å². The molecule has 0 saturated carbocycles. The van der Waals surface area contributed by atoms with Crippen molar-refractivity contribution in [3.05, 3.63) is 90.6 Å². The summed E-state index contributed by atoms with van der Waals surface area (Å²) in [6.07, 6.45) is 7.95. The molecule has 7 heteroatoms. The summed E-state index contributed by atoms with van der Waals surface area (Å²) in [5, 5.41) is 8.10. The fraction of sp³-hybridized carbons (Fsp3) is 0.280. The lowest BCUT2D eigenvalue weighted by Crippen LogP contribution is -2.39. The van der Waals surface area contributed by atoms with Crippen molar-refractivity contribution in [1.82, 2.24) is 24.8 Å². The summed E-state index contributed by atoms with van der Waals surface area (Å²) < 4.78 is 4.51. The summed E-state index contributed by atoms with van der Waals surface area (Å²) >= 11 is 0. The fourth-order valence-corrected chi connectivity index (χ4v) is 3.80. The molecule has 0 aliphatic heterocycles. The van der Waals surface area contributed by atoms with Crippen molar-refractivity contribution in [1.29, 1.82) is 0 Å². The Bertz CT molecular complexity index is 1120. The molecule has 2 heterocycles. The number of guanidine groups is 1. The van der Waals surface area contributed by atoms with Gasteiger partial charge in [-0.3, -0.25) is 4.99 Å². The monoisotopic (exact) mass is 542 g/mol. The Hall–Kier alpha value is -2.81. The van der Waals surface area contributed by atoms with Crippen LogP contribution in [0.1, 0.15) is 17.8 Å². The van der Waals surface area contributed by atoms with Crippen LogP contribution in [-0.2, 0) is 19.5 Å². The molecule has 0 fully saturated rings. The second kappa shape index (κ2) is 12.3. The van der Waals surface area contributed by atoms with Crippen LogP contribution in [0.15, 0.2) is 84.2 Å². The van der Waals surface area contributed by atoms with Gasteiger partial charge in [0.25, 0.3) is 0 Å². The predicted molar refractivity (Wildman–Crippen MR) is 143 cm³/mol. The molecule has 0 unspecified atom stereocenters. The minimum Gasteiger partial charge on any atom is -0.356 e. The zero-order valence-corrected chi connectivity index (χ0v) is 20.8. The van der Waals surface area contributed by atoms with Crippen molar-refractivity contribution in [2.24, 2.45) is 4.99 Å². The van der Waals surface area contributed by atoms with Crippen molar-refractivity contribution in [2.45, 2.75) is 25.9 Å². The molecule has 0 spiro atoms. The topological polar surface area (TPSA) is 59.2 Å². The number of hydrogen-bond donors (Lipinski definition) is 2. The van der Waals surface area contributed by atoms with E-state index in [1.807, 2.05) is 25.5 Å². The van der Waals surface area contributed by atoms with Gasteiger partial charge in [-0.25, -0.2) is 4.98 Å². The average Bonchev–Trinajstić information content (AvgIpc) is 3.43. The average molecular weight is 542 g/mol. The van der Waals surface area contributed by atoms with Crippen molar-refractivity contribution < 1.29 is 0 Å². The molecule has 6 nitrogen and oxygen atoms in total. The van der Waals surface area contributed by atoms with Gasteiger partial charge < -0.3 is 19.8 Å². The number of hydrogen-bond acceptors (Lipinski definition) is 2. The maximum Gasteiger partial charge on any atom is 0.190 e. The molecule has 0 radical (unpaired) electrons. The number of benzene rings is 2. The van der Waals surface area contributed by atoms with Crippen molar-refractivity contribution in [3.63, 3.8) is 0 Å². The van der Waals surface area contributed by atoms with Crippen molar-refractivity contribution in [3.8, 4) is 0 Å². The van der Waals surface area contributed by atoms with Crippen LogP contribution < -0.4 is 10.6 Å². The largest absolute Gasteiger partial charge is 0.356 e. The molecule has 32 heavy (non-hydrogen) atoms. The van der Waals surface area contributed by atoms with Crippen molar-refractivity contribution >= 4 is 40.8 Å². The Labute approximate surface area is 206 Å². The molecule has 2 aromatic carbocycles. The lowest BCUT2D eigenvalue weighted by Gasteiger charge is -2.13. The molecule has 4 rings (SSSR count). The highest BCUT2D eigenvalue weighted by Gasteiger charge is 2.05. The molecular weight excluding hydrogens is 511 g/mol. The van der Waals surface area contributed by atoms with Gasteiger partial charge in [0.15, 0.2) is 5.96 Å². The maximum absolute atomic E-state index is 4.52. The number of imidazole rings is 1. The van der Waals surface area contributed by atoms with Crippen LogP contribution in [0.3, 0.4) is 0 Å². The number of nitrogens with zero attached hydrogens (tertiary/aromatic N) is 4. The quantitative estimate of drug-likeness (QED) is 0.144. The molecule has 0 atom stereocenters. The summed E-state index contributed by atoms with van der Waals surface area (Å²) in [6, 6.07) is 21.1. The minimum absolute atomic E-state index is 0. The Balaban J connectivity index is 0.00000289. The minimum atomic E-state index is 0. The fourth-order valence-electron chi connectivity index (χ4n) is 3.80. The zero-order valence-electron chi connectivity index (χ0n) is 18.4. The Morgan fingerprint density at radius 3 is 2.53 bits per heavy atom. The number of rotatable bonds is 9. The molecule has 0 aliphatic carbocycles. The second-order valence-corrected chi connectivity index (χ2v) is 7.55. The van der Waals surface area contributed by atoms with Gasteiger partial charge in [0.05, 0.1) is 0 Å². The first kappa shape index (κ1) is 23.8. The van der Waals surface area contributed by atoms with E-state index in [0.717, 1.165) is 50.8 Å². The molecule has 0 bridgehead atoms. The van der Waals surface area contributed by atoms with Gasteiger partial charge in [0, 0.05) is 63.8 Å². The normalized spacial score (nSPS) is 11.3. The first-order valence-electron chi connectivity index (χ1n) is 10.9. The van der Waals surface area contributed by atoms with E-state index in [1.54, 1.807) is 0 Å². The summed E-state index contributed by atoms with van der Waals surface area (Å²) in [5.41, 5.74) is 2.57. The predicted octanol–water partition coefficient (Wildman–Crippen LogP) is 4.30. The van der Waals surface area contributed by atoms with Crippen LogP contribution in [0.2, 0.25) is 0 Å². The number of para-hydroxylation sites is 1. The van der Waals surface area contributed by atoms with E-state index in [9.17, 15) is 0 Å². The molecule has 2 aromatic heterocycles. The van der Waals surface area contributed by atoms with Gasteiger partial charge in [-0.05, 0) is 29.5 Å². The Morgan fingerprint density at radius 1 is 0.906 bits per heavy atom. The van der Waals surface area contributed by atoms with E-state index in [2.05, 4.69) is 90.5 Å². The highest BCUT2D eigenvalue weighted by Crippen LogP contribution is 2.15. The van der Waals surface area contributed by atoms with Crippen molar-refractivity contribution in [2.75, 3.05) is 20.1 Å². The number of fused-ring (bicyclic) bond motifs is 1. The highest BCUT2D eigenvalue weighted by molar-refractivity contribution is 14.0. The molecule has 4 aromatic rings. The summed E-state index contributed by atoms with van der Waals surface area (Å²) in [4.78, 5) is 8.87. The van der Waals surface area contributed by atoms with Gasteiger partial charge in [-0.2, -0.15) is 0 Å². The number of aryl methyl sites for hydroxylation is 1. The van der Waals surface area contributed by atoms with E-state index in [1.165, 1.54) is 16.5 Å². The van der Waals surface area contributed by atoms with E-state index < -0.39 is 0 Å². The van der Waals surface area contributed by atoms with Crippen LogP contribution in [0.25, 0.3) is 10.9 Å². The second-order valence-electron chi connectivity index (χ2n) is 7.55. The molecule has 168 valence electrons. The zero-order chi connectivity index (χ0) is 21.3. The lowest BCUT2D eigenvalue weighted by molar-refractivity contribution is 0.638. The third-order valence-electron chi connectivity index (χ3n) is 5.41. The third-order valence-corrected chi connectivity index (χ3v) is 5.41. The molecule has 0 aliphatic rings. The van der Waals surface area contributed by atoms with E-state index >= 15 is 0 Å². The molecule has 0 saturated heterocycles. The Kier molecular flexibility index (Phi) is 9.15. The van der Waals surface area contributed by atoms with E-state index in [0.29, 0.717) is 0 Å². The smallest absolute Gasteiger partial charge is 0.190 e. The standard InChI is InChI=1S/C25H30N6.HI/c1-26-25(28-14-7-17-30-18-13-22-10-5-6-11-23(22)30)29-15-12-24-27-16-19-31(24)20-21-8-3-2-4-9-21;/h2-6,8-11,13,16,18-19H,7,12,14-15,17,20H2,1H3,(H2,26,28,29);1H. The first-order chi connectivity index (χ1) is 15.3. The highest BCUT2D eigenvalue weighted by atomic mass is 127. The Morgan fingerprint density at radius 2 is 1.69 bits per heavy atom. The van der Waals surface area contributed by atoms with Crippen LogP contribution in [-0.4, -0.2) is 40.2 Å².